The zero-order chi connectivity index (χ0) is 21.7. The average Bonchev–Trinajstić information content (AvgIpc) is 3.45. The van der Waals surface area contributed by atoms with Crippen molar-refractivity contribution in [1.29, 1.82) is 0 Å². The molecule has 1 aliphatic heterocycles. The smallest absolute Gasteiger partial charge is 0.253 e. The fraction of sp³-hybridized carbons (Fsp3) is 0.318. The highest BCUT2D eigenvalue weighted by atomic mass is 35.5. The van der Waals surface area contributed by atoms with Gasteiger partial charge in [0.05, 0.1) is 29.8 Å². The highest BCUT2D eigenvalue weighted by Gasteiger charge is 2.27. The van der Waals surface area contributed by atoms with Crippen molar-refractivity contribution >= 4 is 33.0 Å². The van der Waals surface area contributed by atoms with E-state index in [0.29, 0.717) is 22.6 Å². The van der Waals surface area contributed by atoms with Gasteiger partial charge in [0.1, 0.15) is 9.96 Å². The summed E-state index contributed by atoms with van der Waals surface area (Å²) >= 11 is 7.05. The molecule has 0 radical (unpaired) electrons. The van der Waals surface area contributed by atoms with Crippen LogP contribution < -0.4 is 4.74 Å². The molecule has 1 fully saturated rings. The molecule has 3 heterocycles. The SMILES string of the molecule is O=S(=O)(c1ccc(Cl)s1)N(Cc1cccc(OCC2CCOC2)c1)Cc1ccccn1. The molecular weight excluding hydrogens is 456 g/mol. The van der Waals surface area contributed by atoms with Gasteiger partial charge in [0.15, 0.2) is 0 Å². The molecule has 0 N–H and O–H groups in total. The molecule has 3 aromatic rings. The Bertz CT molecular complexity index is 1100. The third-order valence-electron chi connectivity index (χ3n) is 4.97. The molecule has 9 heteroatoms. The molecule has 0 amide bonds. The quantitative estimate of drug-likeness (QED) is 0.449. The molecule has 0 aliphatic carbocycles. The van der Waals surface area contributed by atoms with E-state index in [2.05, 4.69) is 4.98 Å². The highest BCUT2D eigenvalue weighted by molar-refractivity contribution is 7.91. The van der Waals surface area contributed by atoms with E-state index >= 15 is 0 Å². The molecule has 1 unspecified atom stereocenters. The van der Waals surface area contributed by atoms with Gasteiger partial charge < -0.3 is 9.47 Å². The summed E-state index contributed by atoms with van der Waals surface area (Å²) in [6, 6.07) is 16.1. The van der Waals surface area contributed by atoms with Crippen LogP contribution in [-0.2, 0) is 27.8 Å². The third kappa shape index (κ3) is 5.84. The Hall–Kier alpha value is -1.97. The molecule has 6 nitrogen and oxygen atoms in total. The number of rotatable bonds is 9. The van der Waals surface area contributed by atoms with Crippen molar-refractivity contribution in [3.05, 3.63) is 76.4 Å². The molecule has 1 saturated heterocycles. The van der Waals surface area contributed by atoms with Crippen LogP contribution in [0.15, 0.2) is 65.0 Å². The summed E-state index contributed by atoms with van der Waals surface area (Å²) < 4.78 is 40.1. The standard InChI is InChI=1S/C22H23ClN2O4S2/c23-21-7-8-22(30-21)31(26,27)25(14-19-5-1-2-10-24-19)13-17-4-3-6-20(12-17)29-16-18-9-11-28-15-18/h1-8,10,12,18H,9,11,13-16H2. The predicted octanol–water partition coefficient (Wildman–Crippen LogP) is 4.60. The zero-order valence-corrected chi connectivity index (χ0v) is 19.2. The van der Waals surface area contributed by atoms with Crippen molar-refractivity contribution in [1.82, 2.24) is 9.29 Å². The number of hydrogen-bond donors (Lipinski definition) is 0. The predicted molar refractivity (Wildman–Crippen MR) is 121 cm³/mol. The maximum Gasteiger partial charge on any atom is 0.253 e. The van der Waals surface area contributed by atoms with Crippen LogP contribution in [0, 0.1) is 5.92 Å². The minimum atomic E-state index is -3.74. The van der Waals surface area contributed by atoms with E-state index in [-0.39, 0.29) is 17.3 Å². The fourth-order valence-electron chi connectivity index (χ4n) is 3.33. The molecule has 0 bridgehead atoms. The summed E-state index contributed by atoms with van der Waals surface area (Å²) in [6.07, 6.45) is 2.66. The number of thiophene rings is 1. The summed E-state index contributed by atoms with van der Waals surface area (Å²) in [7, 11) is -3.74. The fourth-order valence-corrected chi connectivity index (χ4v) is 6.36. The lowest BCUT2D eigenvalue weighted by atomic mass is 10.1. The van der Waals surface area contributed by atoms with Crippen molar-refractivity contribution in [3.63, 3.8) is 0 Å². The molecule has 4 rings (SSSR count). The summed E-state index contributed by atoms with van der Waals surface area (Å²) in [6.45, 7) is 2.44. The van der Waals surface area contributed by atoms with E-state index in [1.807, 2.05) is 36.4 Å². The minimum Gasteiger partial charge on any atom is -0.493 e. The van der Waals surface area contributed by atoms with E-state index in [4.69, 9.17) is 21.1 Å². The van der Waals surface area contributed by atoms with Gasteiger partial charge in [-0.15, -0.1) is 11.3 Å². The normalized spacial score (nSPS) is 16.6. The first-order valence-corrected chi connectivity index (χ1v) is 12.6. The van der Waals surface area contributed by atoms with Gasteiger partial charge in [0.2, 0.25) is 0 Å². The van der Waals surface area contributed by atoms with Gasteiger partial charge in [-0.1, -0.05) is 29.8 Å². The maximum absolute atomic E-state index is 13.3. The summed E-state index contributed by atoms with van der Waals surface area (Å²) in [5.74, 6) is 1.12. The lowest BCUT2D eigenvalue weighted by Crippen LogP contribution is -2.30. The number of halogens is 1. The van der Waals surface area contributed by atoms with Crippen molar-refractivity contribution < 1.29 is 17.9 Å². The van der Waals surface area contributed by atoms with Crippen molar-refractivity contribution in [2.75, 3.05) is 19.8 Å². The Morgan fingerprint density at radius 3 is 2.77 bits per heavy atom. The monoisotopic (exact) mass is 478 g/mol. The topological polar surface area (TPSA) is 68.7 Å². The van der Waals surface area contributed by atoms with Crippen LogP contribution in [0.5, 0.6) is 5.75 Å². The summed E-state index contributed by atoms with van der Waals surface area (Å²) in [5.41, 5.74) is 1.50. The lowest BCUT2D eigenvalue weighted by Gasteiger charge is -2.21. The van der Waals surface area contributed by atoms with Crippen molar-refractivity contribution in [2.45, 2.75) is 23.7 Å². The number of benzene rings is 1. The summed E-state index contributed by atoms with van der Waals surface area (Å²) in [4.78, 5) is 4.30. The number of aromatic nitrogens is 1. The second-order valence-corrected chi connectivity index (χ2v) is 11.2. The van der Waals surface area contributed by atoms with Gasteiger partial charge in [0.25, 0.3) is 10.0 Å². The van der Waals surface area contributed by atoms with Crippen LogP contribution >= 0.6 is 22.9 Å². The van der Waals surface area contributed by atoms with E-state index < -0.39 is 10.0 Å². The van der Waals surface area contributed by atoms with Crippen LogP contribution in [0.2, 0.25) is 4.34 Å². The average molecular weight is 479 g/mol. The largest absolute Gasteiger partial charge is 0.493 e. The molecule has 0 saturated carbocycles. The van der Waals surface area contributed by atoms with E-state index in [9.17, 15) is 8.42 Å². The van der Waals surface area contributed by atoms with Gasteiger partial charge in [-0.25, -0.2) is 8.42 Å². The van der Waals surface area contributed by atoms with Crippen LogP contribution in [0.1, 0.15) is 17.7 Å². The van der Waals surface area contributed by atoms with Crippen LogP contribution in [0.4, 0.5) is 0 Å². The number of nitrogens with zero attached hydrogens (tertiary/aromatic N) is 2. The number of ether oxygens (including phenoxy) is 2. The van der Waals surface area contributed by atoms with Gasteiger partial charge in [0, 0.05) is 25.3 Å². The molecule has 0 spiro atoms. The molecule has 164 valence electrons. The molecule has 2 aromatic heterocycles. The van der Waals surface area contributed by atoms with E-state index in [1.165, 1.54) is 10.4 Å². The van der Waals surface area contributed by atoms with Crippen LogP contribution in [0.3, 0.4) is 0 Å². The van der Waals surface area contributed by atoms with Gasteiger partial charge in [-0.2, -0.15) is 4.31 Å². The Labute approximate surface area is 191 Å². The Morgan fingerprint density at radius 2 is 2.06 bits per heavy atom. The minimum absolute atomic E-state index is 0.156. The third-order valence-corrected chi connectivity index (χ3v) is 8.46. The van der Waals surface area contributed by atoms with Crippen molar-refractivity contribution in [2.24, 2.45) is 5.92 Å². The van der Waals surface area contributed by atoms with Crippen LogP contribution in [0.25, 0.3) is 0 Å². The molecule has 1 aromatic carbocycles. The van der Waals surface area contributed by atoms with Gasteiger partial charge in [-0.3, -0.25) is 4.98 Å². The van der Waals surface area contributed by atoms with Crippen LogP contribution in [-0.4, -0.2) is 37.5 Å². The first kappa shape index (κ1) is 22.2. The Morgan fingerprint density at radius 1 is 1.16 bits per heavy atom. The maximum atomic E-state index is 13.3. The zero-order valence-electron chi connectivity index (χ0n) is 16.8. The Balaban J connectivity index is 1.55. The van der Waals surface area contributed by atoms with E-state index in [0.717, 1.165) is 42.3 Å². The second kappa shape index (κ2) is 10.1. The highest BCUT2D eigenvalue weighted by Crippen LogP contribution is 2.30. The van der Waals surface area contributed by atoms with E-state index in [1.54, 1.807) is 18.3 Å². The molecule has 31 heavy (non-hydrogen) atoms. The number of pyridine rings is 1. The first-order valence-electron chi connectivity index (χ1n) is 9.95. The van der Waals surface area contributed by atoms with Gasteiger partial charge in [-0.05, 0) is 48.4 Å². The molecule has 1 atom stereocenters. The van der Waals surface area contributed by atoms with Gasteiger partial charge >= 0.3 is 0 Å². The summed E-state index contributed by atoms with van der Waals surface area (Å²) in [5, 5.41) is 0. The number of sulfonamides is 1. The first-order chi connectivity index (χ1) is 15.0. The second-order valence-electron chi connectivity index (χ2n) is 7.34. The van der Waals surface area contributed by atoms with Crippen molar-refractivity contribution in [3.8, 4) is 5.75 Å². The lowest BCUT2D eigenvalue weighted by molar-refractivity contribution is 0.167. The molecule has 1 aliphatic rings. The molecular formula is C22H23ClN2O4S2. The Kier molecular flexibility index (Phi) is 7.24. The number of hydrogen-bond acceptors (Lipinski definition) is 6.